The molecule has 0 heterocycles. The first-order chi connectivity index (χ1) is 6.76. The quantitative estimate of drug-likeness (QED) is 0.586. The van der Waals surface area contributed by atoms with E-state index in [2.05, 4.69) is 12.6 Å². The van der Waals surface area contributed by atoms with Crippen LogP contribution in [0, 0.1) is 0 Å². The van der Waals surface area contributed by atoms with Crippen LogP contribution in [0.25, 0.3) is 0 Å². The van der Waals surface area contributed by atoms with Crippen molar-refractivity contribution in [1.82, 2.24) is 0 Å². The van der Waals surface area contributed by atoms with Gasteiger partial charge in [-0.15, -0.1) is 12.4 Å². The fourth-order valence-electron chi connectivity index (χ4n) is 1.23. The fraction of sp³-hybridized carbons (Fsp3) is 0.400. The monoisotopic (exact) mass is 281 g/mol. The first-order valence-electron chi connectivity index (χ1n) is 4.62. The Kier molecular flexibility index (Phi) is 5.57. The first-order valence-corrected chi connectivity index (χ1v) is 6.80. The van der Waals surface area contributed by atoms with Crippen LogP contribution < -0.4 is 11.0 Å². The van der Waals surface area contributed by atoms with Gasteiger partial charge in [0.25, 0.3) is 0 Å². The van der Waals surface area contributed by atoms with E-state index in [0.717, 1.165) is 0 Å². The standard InChI is InChI=1S/C10H16NO2PS.ClH/c1-10(2,15)9(11)14(12,13)8-6-4-3-5-7-8;/h3-7,9,15H,11H2,1-2H3,(H,12,13);1H. The molecule has 1 aromatic carbocycles. The lowest BCUT2D eigenvalue weighted by Crippen LogP contribution is -2.40. The molecule has 0 bridgehead atoms. The zero-order chi connectivity index (χ0) is 11.7. The van der Waals surface area contributed by atoms with Crippen molar-refractivity contribution in [2.45, 2.75) is 24.4 Å². The summed E-state index contributed by atoms with van der Waals surface area (Å²) in [6.45, 7) is 3.46. The number of hydrogen-bond acceptors (Lipinski definition) is 3. The third kappa shape index (κ3) is 3.51. The second-order valence-corrected chi connectivity index (χ2v) is 7.53. The highest BCUT2D eigenvalue weighted by molar-refractivity contribution is 7.82. The van der Waals surface area contributed by atoms with Crippen LogP contribution in [0.15, 0.2) is 30.3 Å². The minimum Gasteiger partial charge on any atom is -0.340 e. The van der Waals surface area contributed by atoms with Gasteiger partial charge in [-0.3, -0.25) is 4.57 Å². The van der Waals surface area contributed by atoms with E-state index in [9.17, 15) is 9.46 Å². The number of halogens is 1. The number of nitrogens with two attached hydrogens (primary N) is 1. The van der Waals surface area contributed by atoms with E-state index in [-0.39, 0.29) is 12.4 Å². The van der Waals surface area contributed by atoms with Gasteiger partial charge in [0, 0.05) is 10.1 Å². The van der Waals surface area contributed by atoms with Crippen molar-refractivity contribution in [1.29, 1.82) is 0 Å². The molecule has 0 aromatic heterocycles. The van der Waals surface area contributed by atoms with Crippen LogP contribution in [-0.2, 0) is 4.57 Å². The van der Waals surface area contributed by atoms with E-state index >= 15 is 0 Å². The molecule has 1 aromatic rings. The fourth-order valence-corrected chi connectivity index (χ4v) is 3.48. The maximum absolute atomic E-state index is 12.1. The average Bonchev–Trinajstić information content (AvgIpc) is 2.16. The Morgan fingerprint density at radius 2 is 1.81 bits per heavy atom. The van der Waals surface area contributed by atoms with Crippen molar-refractivity contribution in [3.05, 3.63) is 30.3 Å². The topological polar surface area (TPSA) is 63.3 Å². The van der Waals surface area contributed by atoms with E-state index in [1.807, 2.05) is 0 Å². The summed E-state index contributed by atoms with van der Waals surface area (Å²) >= 11 is 4.24. The van der Waals surface area contributed by atoms with E-state index in [1.54, 1.807) is 44.2 Å². The van der Waals surface area contributed by atoms with Crippen LogP contribution in [0.1, 0.15) is 13.8 Å². The van der Waals surface area contributed by atoms with Gasteiger partial charge < -0.3 is 10.6 Å². The van der Waals surface area contributed by atoms with Gasteiger partial charge in [0.15, 0.2) is 0 Å². The zero-order valence-corrected chi connectivity index (χ0v) is 11.8. The molecule has 3 nitrogen and oxygen atoms in total. The Balaban J connectivity index is 0.00000225. The number of benzene rings is 1. The average molecular weight is 282 g/mol. The van der Waals surface area contributed by atoms with Crippen molar-refractivity contribution < 1.29 is 9.46 Å². The molecule has 92 valence electrons. The van der Waals surface area contributed by atoms with Crippen LogP contribution in [0.5, 0.6) is 0 Å². The number of rotatable bonds is 3. The molecule has 0 aliphatic rings. The molecule has 0 aliphatic heterocycles. The molecular formula is C10H17ClNO2PS. The molecule has 0 fully saturated rings. The molecular weight excluding hydrogens is 265 g/mol. The number of hydrogen-bond donors (Lipinski definition) is 3. The molecule has 0 amide bonds. The van der Waals surface area contributed by atoms with E-state index < -0.39 is 17.9 Å². The van der Waals surface area contributed by atoms with Gasteiger partial charge in [-0.05, 0) is 26.0 Å². The summed E-state index contributed by atoms with van der Waals surface area (Å²) in [6.07, 6.45) is 0. The third-order valence-corrected chi connectivity index (χ3v) is 5.15. The minimum absolute atomic E-state index is 0. The number of thiol groups is 1. The Bertz CT molecular complexity index is 380. The van der Waals surface area contributed by atoms with Gasteiger partial charge in [-0.25, -0.2) is 0 Å². The van der Waals surface area contributed by atoms with Crippen LogP contribution in [-0.4, -0.2) is 15.4 Å². The van der Waals surface area contributed by atoms with Crippen molar-refractivity contribution >= 4 is 37.7 Å². The molecule has 1 rings (SSSR count). The van der Waals surface area contributed by atoms with Gasteiger partial charge in [-0.1, -0.05) is 18.2 Å². The molecule has 0 spiro atoms. The summed E-state index contributed by atoms with van der Waals surface area (Å²) in [7, 11) is -3.56. The lowest BCUT2D eigenvalue weighted by atomic mass is 10.2. The Morgan fingerprint density at radius 3 is 2.19 bits per heavy atom. The van der Waals surface area contributed by atoms with E-state index in [4.69, 9.17) is 5.73 Å². The van der Waals surface area contributed by atoms with Crippen molar-refractivity contribution in [3.63, 3.8) is 0 Å². The smallest absolute Gasteiger partial charge is 0.247 e. The molecule has 3 N–H and O–H groups in total. The van der Waals surface area contributed by atoms with Crippen LogP contribution in [0.4, 0.5) is 0 Å². The SMILES string of the molecule is CC(C)(S)C(N)P(=O)(O)c1ccccc1.Cl. The summed E-state index contributed by atoms with van der Waals surface area (Å²) in [4.78, 5) is 9.97. The van der Waals surface area contributed by atoms with Crippen molar-refractivity contribution in [2.75, 3.05) is 0 Å². The zero-order valence-electron chi connectivity index (χ0n) is 9.20. The van der Waals surface area contributed by atoms with Gasteiger partial charge in [0.2, 0.25) is 7.37 Å². The molecule has 0 aliphatic carbocycles. The maximum Gasteiger partial charge on any atom is 0.247 e. The summed E-state index contributed by atoms with van der Waals surface area (Å²) in [6, 6.07) is 8.45. The van der Waals surface area contributed by atoms with Gasteiger partial charge in [0.05, 0.1) is 0 Å². The molecule has 2 atom stereocenters. The summed E-state index contributed by atoms with van der Waals surface area (Å²) < 4.78 is 11.4. The normalized spacial score (nSPS) is 17.1. The predicted molar refractivity (Wildman–Crippen MR) is 74.2 cm³/mol. The Morgan fingerprint density at radius 1 is 1.38 bits per heavy atom. The molecule has 0 radical (unpaired) electrons. The minimum atomic E-state index is -3.56. The van der Waals surface area contributed by atoms with E-state index in [1.165, 1.54) is 0 Å². The van der Waals surface area contributed by atoms with Crippen LogP contribution in [0.2, 0.25) is 0 Å². The largest absolute Gasteiger partial charge is 0.340 e. The molecule has 0 saturated carbocycles. The highest BCUT2D eigenvalue weighted by Crippen LogP contribution is 2.48. The Hall–Kier alpha value is 0.01000. The highest BCUT2D eigenvalue weighted by Gasteiger charge is 2.38. The summed E-state index contributed by atoms with van der Waals surface area (Å²) in [5.74, 6) is -0.879. The third-order valence-electron chi connectivity index (χ3n) is 2.23. The summed E-state index contributed by atoms with van der Waals surface area (Å²) in [5, 5.41) is 0.375. The van der Waals surface area contributed by atoms with Crippen LogP contribution >= 0.6 is 32.4 Å². The highest BCUT2D eigenvalue weighted by atomic mass is 35.5. The van der Waals surface area contributed by atoms with Gasteiger partial charge in [0.1, 0.15) is 5.78 Å². The molecule has 16 heavy (non-hydrogen) atoms. The maximum atomic E-state index is 12.1. The second kappa shape index (κ2) is 5.56. The summed E-state index contributed by atoms with van der Waals surface area (Å²) in [5.41, 5.74) is 5.77. The predicted octanol–water partition coefficient (Wildman–Crippen LogP) is 2.00. The van der Waals surface area contributed by atoms with E-state index in [0.29, 0.717) is 5.30 Å². The molecule has 2 unspecified atom stereocenters. The van der Waals surface area contributed by atoms with Crippen LogP contribution in [0.3, 0.4) is 0 Å². The van der Waals surface area contributed by atoms with Gasteiger partial charge in [-0.2, -0.15) is 12.6 Å². The second-order valence-electron chi connectivity index (χ2n) is 4.06. The van der Waals surface area contributed by atoms with Crippen molar-refractivity contribution in [3.8, 4) is 0 Å². The lowest BCUT2D eigenvalue weighted by molar-refractivity contribution is 0.461. The van der Waals surface area contributed by atoms with Gasteiger partial charge >= 0.3 is 0 Å². The first kappa shape index (κ1) is 16.0. The van der Waals surface area contributed by atoms with Crippen molar-refractivity contribution in [2.24, 2.45) is 5.73 Å². The Labute approximate surface area is 108 Å². The molecule has 0 saturated heterocycles. The lowest BCUT2D eigenvalue weighted by Gasteiger charge is -2.30. The molecule has 6 heteroatoms.